The molecule has 0 bridgehead atoms. The molecular formula is C6H11N. The molecule has 0 aromatic carbocycles. The van der Waals surface area contributed by atoms with Gasteiger partial charge >= 0.3 is 0 Å². The Morgan fingerprint density at radius 3 is 2.00 bits per heavy atom. The summed E-state index contributed by atoms with van der Waals surface area (Å²) in [7, 11) is 0. The van der Waals surface area contributed by atoms with Gasteiger partial charge in [0.2, 0.25) is 0 Å². The largest absolute Gasteiger partial charge is 0.295 e. The standard InChI is InChI=1S/C6H11N/c1-6(2-3-6)7-4-5-7/h2-5H2,1H3. The first kappa shape index (κ1) is 3.90. The van der Waals surface area contributed by atoms with E-state index < -0.39 is 0 Å². The van der Waals surface area contributed by atoms with Crippen molar-refractivity contribution in [1.82, 2.24) is 4.90 Å². The lowest BCUT2D eigenvalue weighted by Gasteiger charge is -2.05. The van der Waals surface area contributed by atoms with E-state index in [0.29, 0.717) is 5.54 Å². The molecule has 0 spiro atoms. The fraction of sp³-hybridized carbons (Fsp3) is 1.00. The third kappa shape index (κ3) is 0.480. The number of rotatable bonds is 1. The molecule has 0 atom stereocenters. The summed E-state index contributed by atoms with van der Waals surface area (Å²) in [5.74, 6) is 0. The summed E-state index contributed by atoms with van der Waals surface area (Å²) in [6.07, 6.45) is 2.90. The average molecular weight is 97.2 g/mol. The lowest BCUT2D eigenvalue weighted by molar-refractivity contribution is 0.409. The summed E-state index contributed by atoms with van der Waals surface area (Å²) in [5.41, 5.74) is 0.694. The van der Waals surface area contributed by atoms with Crippen LogP contribution in [0.5, 0.6) is 0 Å². The maximum absolute atomic E-state index is 2.55. The van der Waals surface area contributed by atoms with E-state index in [1.54, 1.807) is 0 Å². The molecule has 0 radical (unpaired) electrons. The molecule has 2 rings (SSSR count). The summed E-state index contributed by atoms with van der Waals surface area (Å²) in [5, 5.41) is 0. The van der Waals surface area contributed by atoms with Gasteiger partial charge in [-0.15, -0.1) is 0 Å². The van der Waals surface area contributed by atoms with E-state index in [1.807, 2.05) is 0 Å². The Morgan fingerprint density at radius 2 is 1.86 bits per heavy atom. The topological polar surface area (TPSA) is 3.01 Å². The van der Waals surface area contributed by atoms with Gasteiger partial charge in [0.1, 0.15) is 0 Å². The summed E-state index contributed by atoms with van der Waals surface area (Å²) < 4.78 is 0. The second kappa shape index (κ2) is 0.873. The predicted octanol–water partition coefficient (Wildman–Crippen LogP) is 0.855. The molecule has 1 saturated carbocycles. The molecule has 1 heterocycles. The fourth-order valence-corrected chi connectivity index (χ4v) is 1.09. The Bertz CT molecular complexity index is 90.4. The van der Waals surface area contributed by atoms with Crippen molar-refractivity contribution in [3.05, 3.63) is 0 Å². The minimum Gasteiger partial charge on any atom is -0.295 e. The Morgan fingerprint density at radius 1 is 1.29 bits per heavy atom. The van der Waals surface area contributed by atoms with E-state index in [4.69, 9.17) is 0 Å². The zero-order chi connectivity index (χ0) is 4.91. The van der Waals surface area contributed by atoms with Crippen molar-refractivity contribution < 1.29 is 0 Å². The van der Waals surface area contributed by atoms with Crippen molar-refractivity contribution in [1.29, 1.82) is 0 Å². The van der Waals surface area contributed by atoms with Crippen LogP contribution in [0.1, 0.15) is 19.8 Å². The van der Waals surface area contributed by atoms with Crippen LogP contribution in [0.25, 0.3) is 0 Å². The molecule has 0 amide bonds. The highest BCUT2D eigenvalue weighted by molar-refractivity contribution is 5.04. The number of nitrogens with zero attached hydrogens (tertiary/aromatic N) is 1. The van der Waals surface area contributed by atoms with Gasteiger partial charge < -0.3 is 0 Å². The molecule has 2 fully saturated rings. The van der Waals surface area contributed by atoms with E-state index in [-0.39, 0.29) is 0 Å². The van der Waals surface area contributed by atoms with E-state index in [0.717, 1.165) is 0 Å². The SMILES string of the molecule is CC1(N2CC2)CC1. The van der Waals surface area contributed by atoms with Gasteiger partial charge in [-0.2, -0.15) is 0 Å². The molecule has 0 unspecified atom stereocenters. The Labute approximate surface area is 44.3 Å². The van der Waals surface area contributed by atoms with E-state index in [9.17, 15) is 0 Å². The van der Waals surface area contributed by atoms with Crippen LogP contribution in [0.2, 0.25) is 0 Å². The molecule has 0 aromatic rings. The van der Waals surface area contributed by atoms with E-state index >= 15 is 0 Å². The predicted molar refractivity (Wildman–Crippen MR) is 29.2 cm³/mol. The van der Waals surface area contributed by atoms with Gasteiger partial charge in [0.15, 0.2) is 0 Å². The van der Waals surface area contributed by atoms with Crippen LogP contribution < -0.4 is 0 Å². The Balaban J connectivity index is 2.04. The molecule has 1 saturated heterocycles. The molecule has 7 heavy (non-hydrogen) atoms. The zero-order valence-corrected chi connectivity index (χ0v) is 4.78. The summed E-state index contributed by atoms with van der Waals surface area (Å²) >= 11 is 0. The maximum atomic E-state index is 2.55. The summed E-state index contributed by atoms with van der Waals surface area (Å²) in [6, 6.07) is 0. The van der Waals surface area contributed by atoms with Crippen molar-refractivity contribution in [3.8, 4) is 0 Å². The fourth-order valence-electron chi connectivity index (χ4n) is 1.09. The summed E-state index contributed by atoms with van der Waals surface area (Å²) in [6.45, 7) is 5.10. The molecule has 1 heteroatoms. The molecule has 1 aliphatic heterocycles. The highest BCUT2D eigenvalue weighted by Crippen LogP contribution is 2.44. The second-order valence-corrected chi connectivity index (χ2v) is 2.98. The van der Waals surface area contributed by atoms with Crippen molar-refractivity contribution in [2.75, 3.05) is 13.1 Å². The van der Waals surface area contributed by atoms with Gasteiger partial charge in [0.25, 0.3) is 0 Å². The molecule has 1 nitrogen and oxygen atoms in total. The minimum atomic E-state index is 0.694. The van der Waals surface area contributed by atoms with Gasteiger partial charge in [-0.05, 0) is 19.8 Å². The summed E-state index contributed by atoms with van der Waals surface area (Å²) in [4.78, 5) is 2.55. The Kier molecular flexibility index (Phi) is 0.487. The van der Waals surface area contributed by atoms with Crippen LogP contribution in [0.3, 0.4) is 0 Å². The smallest absolute Gasteiger partial charge is 0.0183 e. The van der Waals surface area contributed by atoms with E-state index in [2.05, 4.69) is 11.8 Å². The lowest BCUT2D eigenvalue weighted by Crippen LogP contribution is -2.13. The maximum Gasteiger partial charge on any atom is 0.0183 e. The first-order valence-electron chi connectivity index (χ1n) is 3.06. The van der Waals surface area contributed by atoms with E-state index in [1.165, 1.54) is 25.9 Å². The monoisotopic (exact) mass is 97.1 g/mol. The van der Waals surface area contributed by atoms with Crippen LogP contribution in [-0.4, -0.2) is 23.5 Å². The highest BCUT2D eigenvalue weighted by atomic mass is 15.3. The number of hydrogen-bond acceptors (Lipinski definition) is 1. The van der Waals surface area contributed by atoms with Crippen molar-refractivity contribution in [2.24, 2.45) is 0 Å². The quantitative estimate of drug-likeness (QED) is 0.438. The van der Waals surface area contributed by atoms with Crippen molar-refractivity contribution in [3.63, 3.8) is 0 Å². The first-order valence-corrected chi connectivity index (χ1v) is 3.06. The van der Waals surface area contributed by atoms with Crippen LogP contribution in [0, 0.1) is 0 Å². The van der Waals surface area contributed by atoms with Gasteiger partial charge in [-0.25, -0.2) is 0 Å². The van der Waals surface area contributed by atoms with Crippen molar-refractivity contribution in [2.45, 2.75) is 25.3 Å². The normalized spacial score (nSPS) is 35.6. The lowest BCUT2D eigenvalue weighted by atomic mass is 10.3. The van der Waals surface area contributed by atoms with Crippen molar-refractivity contribution >= 4 is 0 Å². The van der Waals surface area contributed by atoms with Crippen LogP contribution in [0.4, 0.5) is 0 Å². The van der Waals surface area contributed by atoms with Crippen LogP contribution >= 0.6 is 0 Å². The second-order valence-electron chi connectivity index (χ2n) is 2.98. The third-order valence-electron chi connectivity index (χ3n) is 2.18. The van der Waals surface area contributed by atoms with Gasteiger partial charge in [0.05, 0.1) is 0 Å². The third-order valence-corrected chi connectivity index (χ3v) is 2.18. The molecule has 0 N–H and O–H groups in total. The highest BCUT2D eigenvalue weighted by Gasteiger charge is 2.47. The van der Waals surface area contributed by atoms with Gasteiger partial charge in [0, 0.05) is 18.6 Å². The molecule has 2 aliphatic rings. The van der Waals surface area contributed by atoms with Crippen LogP contribution in [0.15, 0.2) is 0 Å². The molecular weight excluding hydrogens is 86.1 g/mol. The minimum absolute atomic E-state index is 0.694. The molecule has 1 aliphatic carbocycles. The van der Waals surface area contributed by atoms with Gasteiger partial charge in [-0.3, -0.25) is 4.90 Å². The Hall–Kier alpha value is -0.0400. The first-order chi connectivity index (χ1) is 3.31. The van der Waals surface area contributed by atoms with Gasteiger partial charge in [-0.1, -0.05) is 0 Å². The average Bonchev–Trinajstić information content (AvgIpc) is 2.14. The number of hydrogen-bond donors (Lipinski definition) is 0. The molecule has 40 valence electrons. The zero-order valence-electron chi connectivity index (χ0n) is 4.78. The van der Waals surface area contributed by atoms with Crippen LogP contribution in [-0.2, 0) is 0 Å². The molecule has 0 aromatic heterocycles.